The highest BCUT2D eigenvalue weighted by Crippen LogP contribution is 2.30. The smallest absolute Gasteiger partial charge is 0.410 e. The van der Waals surface area contributed by atoms with Crippen molar-refractivity contribution < 1.29 is 9.53 Å². The molecule has 1 atom stereocenters. The van der Waals surface area contributed by atoms with Crippen molar-refractivity contribution in [1.29, 1.82) is 0 Å². The second-order valence-corrected chi connectivity index (χ2v) is 10.3. The molecular weight excluding hydrogens is 398 g/mol. The zero-order chi connectivity index (χ0) is 23.3. The lowest BCUT2D eigenvalue weighted by molar-refractivity contribution is 0.0194. The van der Waals surface area contributed by atoms with E-state index in [-0.39, 0.29) is 6.09 Å². The van der Waals surface area contributed by atoms with Crippen molar-refractivity contribution >= 4 is 11.8 Å². The van der Waals surface area contributed by atoms with Crippen LogP contribution in [-0.4, -0.2) is 40.6 Å². The Morgan fingerprint density at radius 3 is 2.53 bits per heavy atom. The lowest BCUT2D eigenvalue weighted by Gasteiger charge is -2.39. The maximum absolute atomic E-state index is 13.0. The minimum absolute atomic E-state index is 0.265. The van der Waals surface area contributed by atoms with Gasteiger partial charge >= 0.3 is 6.09 Å². The van der Waals surface area contributed by atoms with Gasteiger partial charge in [0.05, 0.1) is 0 Å². The topological polar surface area (TPSA) is 58.8 Å². The van der Waals surface area contributed by atoms with Crippen LogP contribution in [-0.2, 0) is 24.2 Å². The molecule has 0 saturated carbocycles. The molecule has 0 aromatic heterocycles. The van der Waals surface area contributed by atoms with Crippen LogP contribution in [0.5, 0.6) is 0 Å². The molecule has 1 aliphatic heterocycles. The van der Waals surface area contributed by atoms with Gasteiger partial charge in [-0.05, 0) is 62.3 Å². The number of fused-ring (bicyclic) bond motifs is 1. The molecule has 0 aliphatic carbocycles. The molecule has 1 heterocycles. The first kappa shape index (κ1) is 24.1. The number of ether oxygens (including phenoxy) is 1. The monoisotopic (exact) mass is 437 g/mol. The van der Waals surface area contributed by atoms with Gasteiger partial charge in [0.1, 0.15) is 5.60 Å². The first-order valence-electron chi connectivity index (χ1n) is 11.7. The summed E-state index contributed by atoms with van der Waals surface area (Å²) in [5.74, 6) is 0.608. The summed E-state index contributed by atoms with van der Waals surface area (Å²) in [6.45, 7) is 13.0. The number of amides is 1. The summed E-state index contributed by atoms with van der Waals surface area (Å²) in [6.07, 6.45) is 1.86. The van der Waals surface area contributed by atoms with Gasteiger partial charge in [0.25, 0.3) is 0 Å². The van der Waals surface area contributed by atoms with E-state index >= 15 is 0 Å². The Bertz CT molecular complexity index is 890. The fourth-order valence-electron chi connectivity index (χ4n) is 4.41. The third-order valence-electron chi connectivity index (χ3n) is 5.91. The predicted molar refractivity (Wildman–Crippen MR) is 131 cm³/mol. The average molecular weight is 438 g/mol. The second kappa shape index (κ2) is 10.4. The molecule has 0 fully saturated rings. The molecule has 0 radical (unpaired) electrons. The van der Waals surface area contributed by atoms with Crippen molar-refractivity contribution in [3.63, 3.8) is 0 Å². The van der Waals surface area contributed by atoms with Gasteiger partial charge in [0, 0.05) is 37.9 Å². The number of carbonyl (C=O) groups is 1. The van der Waals surface area contributed by atoms with Crippen molar-refractivity contribution in [3.8, 4) is 0 Å². The van der Waals surface area contributed by atoms with E-state index in [1.165, 1.54) is 11.1 Å². The molecule has 1 unspecified atom stereocenters. The molecule has 1 aliphatic rings. The van der Waals surface area contributed by atoms with Crippen molar-refractivity contribution in [2.45, 2.75) is 72.2 Å². The number of carbonyl (C=O) groups excluding carboxylic acids is 1. The molecule has 32 heavy (non-hydrogen) atoms. The van der Waals surface area contributed by atoms with Crippen LogP contribution < -0.4 is 5.73 Å². The number of nitrogen functional groups attached to an aromatic ring is 1. The van der Waals surface area contributed by atoms with Gasteiger partial charge in [0.15, 0.2) is 0 Å². The van der Waals surface area contributed by atoms with Crippen LogP contribution in [0.2, 0.25) is 0 Å². The van der Waals surface area contributed by atoms with E-state index in [4.69, 9.17) is 10.5 Å². The molecule has 174 valence electrons. The normalized spacial score (nSPS) is 16.6. The molecule has 0 bridgehead atoms. The van der Waals surface area contributed by atoms with Crippen LogP contribution in [0.15, 0.2) is 48.5 Å². The Labute approximate surface area is 193 Å². The summed E-state index contributed by atoms with van der Waals surface area (Å²) in [5, 5.41) is 0. The fourth-order valence-corrected chi connectivity index (χ4v) is 4.41. The number of rotatable bonds is 7. The summed E-state index contributed by atoms with van der Waals surface area (Å²) in [7, 11) is 0. The first-order chi connectivity index (χ1) is 15.1. The zero-order valence-electron chi connectivity index (χ0n) is 20.3. The van der Waals surface area contributed by atoms with Gasteiger partial charge in [-0.25, -0.2) is 4.79 Å². The van der Waals surface area contributed by atoms with Gasteiger partial charge < -0.3 is 15.4 Å². The highest BCUT2D eigenvalue weighted by molar-refractivity contribution is 5.68. The van der Waals surface area contributed by atoms with E-state index in [0.717, 1.165) is 37.2 Å². The number of anilines is 1. The number of hydrogen-bond acceptors (Lipinski definition) is 4. The highest BCUT2D eigenvalue weighted by Gasteiger charge is 2.29. The fraction of sp³-hybridized carbons (Fsp3) is 0.519. The Hall–Kier alpha value is -2.53. The standard InChI is InChI=1S/C27H39N3O2/c1-20(2)16-23-17-22-12-9-13-25(28)24(22)19-29(23)14-15-30(26(31)32-27(3,4)5)18-21-10-7-6-8-11-21/h6-13,20,23H,14-19,28H2,1-5H3. The lowest BCUT2D eigenvalue weighted by atomic mass is 9.88. The van der Waals surface area contributed by atoms with Crippen LogP contribution in [0.25, 0.3) is 0 Å². The van der Waals surface area contributed by atoms with E-state index in [1.54, 1.807) is 0 Å². The molecule has 2 aromatic carbocycles. The van der Waals surface area contributed by atoms with Crippen LogP contribution >= 0.6 is 0 Å². The predicted octanol–water partition coefficient (Wildman–Crippen LogP) is 5.48. The number of nitrogens with zero attached hydrogens (tertiary/aromatic N) is 2. The van der Waals surface area contributed by atoms with E-state index in [9.17, 15) is 4.79 Å². The van der Waals surface area contributed by atoms with Crippen LogP contribution in [0.4, 0.5) is 10.5 Å². The summed E-state index contributed by atoms with van der Waals surface area (Å²) < 4.78 is 5.73. The molecule has 0 spiro atoms. The molecular formula is C27H39N3O2. The van der Waals surface area contributed by atoms with Crippen molar-refractivity contribution in [1.82, 2.24) is 9.80 Å². The summed E-state index contributed by atoms with van der Waals surface area (Å²) in [5.41, 5.74) is 10.4. The number of nitrogens with two attached hydrogens (primary N) is 1. The van der Waals surface area contributed by atoms with Crippen molar-refractivity contribution in [2.75, 3.05) is 18.8 Å². The summed E-state index contributed by atoms with van der Waals surface area (Å²) >= 11 is 0. The summed E-state index contributed by atoms with van der Waals surface area (Å²) in [6, 6.07) is 16.8. The van der Waals surface area contributed by atoms with Crippen LogP contribution in [0, 0.1) is 5.92 Å². The Kier molecular flexibility index (Phi) is 7.83. The van der Waals surface area contributed by atoms with Crippen molar-refractivity contribution in [3.05, 3.63) is 65.2 Å². The SMILES string of the molecule is CC(C)CC1Cc2cccc(N)c2CN1CCN(Cc1ccccc1)C(=O)OC(C)(C)C. The van der Waals surface area contributed by atoms with Gasteiger partial charge in [-0.2, -0.15) is 0 Å². The largest absolute Gasteiger partial charge is 0.444 e. The van der Waals surface area contributed by atoms with E-state index in [0.29, 0.717) is 25.0 Å². The molecule has 3 rings (SSSR count). The third-order valence-corrected chi connectivity index (χ3v) is 5.91. The third kappa shape index (κ3) is 6.73. The van der Waals surface area contributed by atoms with Gasteiger partial charge in [-0.1, -0.05) is 56.3 Å². The van der Waals surface area contributed by atoms with E-state index in [1.807, 2.05) is 49.9 Å². The average Bonchev–Trinajstić information content (AvgIpc) is 2.70. The van der Waals surface area contributed by atoms with Crippen LogP contribution in [0.3, 0.4) is 0 Å². The molecule has 5 nitrogen and oxygen atoms in total. The lowest BCUT2D eigenvalue weighted by Crippen LogP contribution is -2.46. The second-order valence-electron chi connectivity index (χ2n) is 10.3. The Morgan fingerprint density at radius 1 is 1.16 bits per heavy atom. The molecule has 0 saturated heterocycles. The number of benzene rings is 2. The molecule has 1 amide bonds. The van der Waals surface area contributed by atoms with Gasteiger partial charge in [-0.3, -0.25) is 4.90 Å². The quantitative estimate of drug-likeness (QED) is 0.583. The van der Waals surface area contributed by atoms with E-state index in [2.05, 4.69) is 43.0 Å². The minimum atomic E-state index is -0.523. The van der Waals surface area contributed by atoms with Gasteiger partial charge in [-0.15, -0.1) is 0 Å². The Balaban J connectivity index is 1.77. The minimum Gasteiger partial charge on any atom is -0.444 e. The van der Waals surface area contributed by atoms with Gasteiger partial charge in [0.2, 0.25) is 0 Å². The highest BCUT2D eigenvalue weighted by atomic mass is 16.6. The van der Waals surface area contributed by atoms with E-state index < -0.39 is 5.60 Å². The summed E-state index contributed by atoms with van der Waals surface area (Å²) in [4.78, 5) is 17.3. The van der Waals surface area contributed by atoms with Crippen LogP contribution in [0.1, 0.15) is 57.7 Å². The zero-order valence-corrected chi connectivity index (χ0v) is 20.3. The maximum atomic E-state index is 13.0. The Morgan fingerprint density at radius 2 is 1.88 bits per heavy atom. The number of hydrogen-bond donors (Lipinski definition) is 1. The maximum Gasteiger partial charge on any atom is 0.410 e. The first-order valence-corrected chi connectivity index (χ1v) is 11.7. The molecule has 5 heteroatoms. The molecule has 2 N–H and O–H groups in total. The van der Waals surface area contributed by atoms with Crippen molar-refractivity contribution in [2.24, 2.45) is 5.92 Å². The molecule has 2 aromatic rings.